The van der Waals surface area contributed by atoms with Gasteiger partial charge in [-0.1, -0.05) is 35.9 Å². The number of hydrogen-bond acceptors (Lipinski definition) is 3. The normalized spacial score (nSPS) is 11.3. The maximum absolute atomic E-state index is 11.3. The van der Waals surface area contributed by atoms with E-state index in [2.05, 4.69) is 0 Å². The van der Waals surface area contributed by atoms with E-state index in [4.69, 9.17) is 4.74 Å². The van der Waals surface area contributed by atoms with Crippen LogP contribution in [-0.2, 0) is 6.42 Å². The van der Waals surface area contributed by atoms with E-state index in [1.54, 1.807) is 25.3 Å². The van der Waals surface area contributed by atoms with Crippen LogP contribution in [0.4, 0.5) is 0 Å². The minimum atomic E-state index is -0.313. The van der Waals surface area contributed by atoms with Crippen LogP contribution >= 0.6 is 0 Å². The summed E-state index contributed by atoms with van der Waals surface area (Å²) in [5.41, 5.74) is 4.12. The molecule has 0 aliphatic carbocycles. The fourth-order valence-electron chi connectivity index (χ4n) is 2.25. The molecular formula is C18H19NO3. The van der Waals surface area contributed by atoms with E-state index in [-0.39, 0.29) is 10.6 Å². The average Bonchev–Trinajstić information content (AvgIpc) is 2.50. The van der Waals surface area contributed by atoms with Crippen molar-refractivity contribution in [3.05, 3.63) is 80.5 Å². The molecule has 0 aliphatic heterocycles. The van der Waals surface area contributed by atoms with E-state index < -0.39 is 0 Å². The number of methoxy groups -OCH3 is 1. The van der Waals surface area contributed by atoms with Gasteiger partial charge in [-0.3, -0.25) is 10.1 Å². The van der Waals surface area contributed by atoms with Crippen LogP contribution in [0.1, 0.15) is 22.3 Å². The molecule has 0 fully saturated rings. The molecule has 0 atom stereocenters. The second kappa shape index (κ2) is 6.89. The van der Waals surface area contributed by atoms with Crippen molar-refractivity contribution in [2.45, 2.75) is 20.3 Å². The highest BCUT2D eigenvalue weighted by Gasteiger charge is 2.13. The highest BCUT2D eigenvalue weighted by molar-refractivity contribution is 5.53. The molecular weight excluding hydrogens is 278 g/mol. The molecule has 0 unspecified atom stereocenters. The van der Waals surface area contributed by atoms with Crippen molar-refractivity contribution in [3.8, 4) is 5.75 Å². The van der Waals surface area contributed by atoms with Gasteiger partial charge >= 0.3 is 0 Å². The number of aryl methyl sites for hydroxylation is 2. The van der Waals surface area contributed by atoms with Crippen molar-refractivity contribution in [2.24, 2.45) is 0 Å². The summed E-state index contributed by atoms with van der Waals surface area (Å²) in [5, 5.41) is 11.3. The van der Waals surface area contributed by atoms with Crippen molar-refractivity contribution in [1.29, 1.82) is 0 Å². The van der Waals surface area contributed by atoms with E-state index in [1.807, 2.05) is 44.2 Å². The minimum Gasteiger partial charge on any atom is -0.497 e. The molecule has 22 heavy (non-hydrogen) atoms. The summed E-state index contributed by atoms with van der Waals surface area (Å²) >= 11 is 0. The molecule has 114 valence electrons. The number of benzene rings is 2. The van der Waals surface area contributed by atoms with Gasteiger partial charge in [-0.25, -0.2) is 0 Å². The maximum Gasteiger partial charge on any atom is 0.251 e. The van der Waals surface area contributed by atoms with E-state index in [1.165, 1.54) is 0 Å². The molecule has 0 spiro atoms. The predicted molar refractivity (Wildman–Crippen MR) is 87.6 cm³/mol. The predicted octanol–water partition coefficient (Wildman–Crippen LogP) is 4.17. The smallest absolute Gasteiger partial charge is 0.251 e. The van der Waals surface area contributed by atoms with Crippen LogP contribution in [0.2, 0.25) is 0 Å². The first-order chi connectivity index (χ1) is 10.5. The molecule has 0 radical (unpaired) electrons. The summed E-state index contributed by atoms with van der Waals surface area (Å²) in [7, 11) is 1.59. The lowest BCUT2D eigenvalue weighted by molar-refractivity contribution is -0.425. The van der Waals surface area contributed by atoms with Crippen LogP contribution in [0.25, 0.3) is 6.08 Å². The van der Waals surface area contributed by atoms with Crippen molar-refractivity contribution in [2.75, 3.05) is 7.11 Å². The summed E-state index contributed by atoms with van der Waals surface area (Å²) in [6.45, 7) is 3.96. The quantitative estimate of drug-likeness (QED) is 0.614. The zero-order valence-electron chi connectivity index (χ0n) is 13.0. The van der Waals surface area contributed by atoms with Gasteiger partial charge in [0.25, 0.3) is 5.70 Å². The molecule has 0 heterocycles. The van der Waals surface area contributed by atoms with Gasteiger partial charge in [0.2, 0.25) is 0 Å². The summed E-state index contributed by atoms with van der Waals surface area (Å²) < 4.78 is 5.09. The highest BCUT2D eigenvalue weighted by atomic mass is 16.6. The molecule has 4 nitrogen and oxygen atoms in total. The lowest BCUT2D eigenvalue weighted by Crippen LogP contribution is -2.04. The number of hydrogen-bond donors (Lipinski definition) is 0. The van der Waals surface area contributed by atoms with Crippen LogP contribution in [0, 0.1) is 24.0 Å². The number of allylic oxidation sites excluding steroid dienone is 1. The maximum atomic E-state index is 11.3. The Labute approximate surface area is 130 Å². The first-order valence-corrected chi connectivity index (χ1v) is 7.04. The van der Waals surface area contributed by atoms with Gasteiger partial charge in [0, 0.05) is 6.08 Å². The van der Waals surface area contributed by atoms with Crippen molar-refractivity contribution in [3.63, 3.8) is 0 Å². The number of ether oxygens (including phenoxy) is 1. The lowest BCUT2D eigenvalue weighted by atomic mass is 10.0. The average molecular weight is 297 g/mol. The SMILES string of the molecule is COc1ccc(/C=C(\Cc2cc(C)ccc2C)[N+](=O)[O-])cc1. The molecule has 2 aromatic rings. The van der Waals surface area contributed by atoms with Gasteiger partial charge < -0.3 is 4.74 Å². The fraction of sp³-hybridized carbons (Fsp3) is 0.222. The molecule has 0 saturated carbocycles. The minimum absolute atomic E-state index is 0.180. The van der Waals surface area contributed by atoms with E-state index in [0.717, 1.165) is 28.0 Å². The summed E-state index contributed by atoms with van der Waals surface area (Å²) in [6, 6.07) is 13.2. The van der Waals surface area contributed by atoms with Crippen molar-refractivity contribution in [1.82, 2.24) is 0 Å². The van der Waals surface area contributed by atoms with Gasteiger partial charge in [-0.15, -0.1) is 0 Å². The third kappa shape index (κ3) is 3.95. The van der Waals surface area contributed by atoms with Gasteiger partial charge in [0.1, 0.15) is 5.75 Å². The lowest BCUT2D eigenvalue weighted by Gasteiger charge is -2.06. The standard InChI is InChI=1S/C18H19NO3/c1-13-4-5-14(2)16(10-13)12-17(19(20)21)11-15-6-8-18(22-3)9-7-15/h4-11H,12H2,1-3H3/b17-11+. The van der Waals surface area contributed by atoms with E-state index in [0.29, 0.717) is 6.42 Å². The fourth-order valence-corrected chi connectivity index (χ4v) is 2.25. The zero-order valence-corrected chi connectivity index (χ0v) is 13.0. The first-order valence-electron chi connectivity index (χ1n) is 7.04. The molecule has 0 aromatic heterocycles. The monoisotopic (exact) mass is 297 g/mol. The zero-order chi connectivity index (χ0) is 16.1. The van der Waals surface area contributed by atoms with Crippen LogP contribution in [0.15, 0.2) is 48.2 Å². The molecule has 0 aliphatic rings. The number of nitrogens with zero attached hydrogens (tertiary/aromatic N) is 1. The van der Waals surface area contributed by atoms with Gasteiger partial charge in [-0.05, 0) is 42.7 Å². The Kier molecular flexibility index (Phi) is 4.94. The summed E-state index contributed by atoms with van der Waals surface area (Å²) in [4.78, 5) is 11.0. The Morgan fingerprint density at radius 3 is 2.45 bits per heavy atom. The molecule has 0 saturated heterocycles. The second-order valence-electron chi connectivity index (χ2n) is 5.27. The molecule has 2 aromatic carbocycles. The number of rotatable bonds is 5. The third-order valence-electron chi connectivity index (χ3n) is 3.56. The summed E-state index contributed by atoms with van der Waals surface area (Å²) in [6.07, 6.45) is 1.92. The van der Waals surface area contributed by atoms with E-state index >= 15 is 0 Å². The van der Waals surface area contributed by atoms with Crippen LogP contribution in [-0.4, -0.2) is 12.0 Å². The Morgan fingerprint density at radius 1 is 1.18 bits per heavy atom. The van der Waals surface area contributed by atoms with Crippen LogP contribution in [0.3, 0.4) is 0 Å². The topological polar surface area (TPSA) is 52.4 Å². The Hall–Kier alpha value is -2.62. The summed E-state index contributed by atoms with van der Waals surface area (Å²) in [5.74, 6) is 0.731. The van der Waals surface area contributed by atoms with Gasteiger partial charge in [0.15, 0.2) is 0 Å². The van der Waals surface area contributed by atoms with Crippen molar-refractivity contribution < 1.29 is 9.66 Å². The first kappa shape index (κ1) is 15.8. The Morgan fingerprint density at radius 2 is 1.86 bits per heavy atom. The van der Waals surface area contributed by atoms with Gasteiger partial charge in [-0.2, -0.15) is 0 Å². The largest absolute Gasteiger partial charge is 0.497 e. The van der Waals surface area contributed by atoms with Crippen molar-refractivity contribution >= 4 is 6.08 Å². The van der Waals surface area contributed by atoms with Crippen LogP contribution in [0.5, 0.6) is 5.75 Å². The van der Waals surface area contributed by atoms with Crippen LogP contribution < -0.4 is 4.74 Å². The highest BCUT2D eigenvalue weighted by Crippen LogP contribution is 2.19. The molecule has 2 rings (SSSR count). The molecule has 0 N–H and O–H groups in total. The molecule has 4 heteroatoms. The molecule has 0 bridgehead atoms. The second-order valence-corrected chi connectivity index (χ2v) is 5.27. The Balaban J connectivity index is 2.31. The van der Waals surface area contributed by atoms with Gasteiger partial charge in [0.05, 0.1) is 18.5 Å². The Bertz CT molecular complexity index is 703. The third-order valence-corrected chi connectivity index (χ3v) is 3.56. The number of nitro groups is 1. The van der Waals surface area contributed by atoms with E-state index in [9.17, 15) is 10.1 Å². The molecule has 0 amide bonds.